The van der Waals surface area contributed by atoms with Crippen LogP contribution in [0.3, 0.4) is 0 Å². The second-order valence-corrected chi connectivity index (χ2v) is 5.19. The van der Waals surface area contributed by atoms with Gasteiger partial charge < -0.3 is 15.2 Å². The Balaban J connectivity index is 1.71. The molecular formula is C14H18N6O. The second-order valence-electron chi connectivity index (χ2n) is 5.19. The van der Waals surface area contributed by atoms with Crippen molar-refractivity contribution in [3.63, 3.8) is 0 Å². The van der Waals surface area contributed by atoms with E-state index in [1.54, 1.807) is 18.6 Å². The molecule has 0 aliphatic carbocycles. The molecule has 3 rings (SSSR count). The number of nitrogens with one attached hydrogen (secondary N) is 2. The summed E-state index contributed by atoms with van der Waals surface area (Å²) in [6.07, 6.45) is 6.93. The van der Waals surface area contributed by atoms with Gasteiger partial charge in [-0.3, -0.25) is 4.79 Å². The van der Waals surface area contributed by atoms with Crippen LogP contribution in [0.1, 0.15) is 18.5 Å². The van der Waals surface area contributed by atoms with E-state index in [1.807, 2.05) is 17.9 Å². The van der Waals surface area contributed by atoms with Gasteiger partial charge in [0.1, 0.15) is 0 Å². The number of piperidine rings is 1. The van der Waals surface area contributed by atoms with E-state index < -0.39 is 0 Å². The fourth-order valence-electron chi connectivity index (χ4n) is 2.56. The summed E-state index contributed by atoms with van der Waals surface area (Å²) in [5, 5.41) is 3.34. The number of H-pyrrole nitrogens is 1. The number of nitrogens with zero attached hydrogens (tertiary/aromatic N) is 4. The molecule has 110 valence electrons. The van der Waals surface area contributed by atoms with Crippen molar-refractivity contribution in [3.8, 4) is 0 Å². The number of hydrogen-bond acceptors (Lipinski definition) is 6. The van der Waals surface area contributed by atoms with Crippen molar-refractivity contribution >= 4 is 11.8 Å². The molecular weight excluding hydrogens is 268 g/mol. The van der Waals surface area contributed by atoms with E-state index in [-0.39, 0.29) is 11.6 Å². The fourth-order valence-corrected chi connectivity index (χ4v) is 2.56. The normalized spacial score (nSPS) is 18.5. The van der Waals surface area contributed by atoms with Crippen molar-refractivity contribution in [2.45, 2.75) is 25.8 Å². The molecule has 2 aromatic heterocycles. The van der Waals surface area contributed by atoms with Gasteiger partial charge >= 0.3 is 0 Å². The first-order valence-corrected chi connectivity index (χ1v) is 7.07. The highest BCUT2D eigenvalue weighted by Crippen LogP contribution is 2.16. The van der Waals surface area contributed by atoms with Crippen LogP contribution in [0, 0.1) is 6.92 Å². The molecule has 0 amide bonds. The Morgan fingerprint density at radius 1 is 1.38 bits per heavy atom. The summed E-state index contributed by atoms with van der Waals surface area (Å²) < 4.78 is 0. The largest absolute Gasteiger partial charge is 0.350 e. The van der Waals surface area contributed by atoms with Gasteiger partial charge in [-0.1, -0.05) is 0 Å². The minimum absolute atomic E-state index is 0.148. The molecule has 2 N–H and O–H groups in total. The third kappa shape index (κ3) is 3.18. The van der Waals surface area contributed by atoms with Gasteiger partial charge in [0, 0.05) is 43.4 Å². The molecule has 1 atom stereocenters. The summed E-state index contributed by atoms with van der Waals surface area (Å²) in [5.74, 6) is 1.12. The minimum Gasteiger partial charge on any atom is -0.350 e. The fraction of sp³-hybridized carbons (Fsp3) is 0.429. The van der Waals surface area contributed by atoms with E-state index in [0.29, 0.717) is 11.8 Å². The summed E-state index contributed by atoms with van der Waals surface area (Å²) >= 11 is 0. The summed E-state index contributed by atoms with van der Waals surface area (Å²) in [7, 11) is 0. The van der Waals surface area contributed by atoms with Crippen molar-refractivity contribution in [2.75, 3.05) is 23.3 Å². The first kappa shape index (κ1) is 13.5. The van der Waals surface area contributed by atoms with Crippen LogP contribution in [0.25, 0.3) is 0 Å². The molecule has 21 heavy (non-hydrogen) atoms. The number of rotatable bonds is 3. The van der Waals surface area contributed by atoms with Crippen molar-refractivity contribution in [1.82, 2.24) is 19.9 Å². The number of aromatic amines is 1. The zero-order valence-electron chi connectivity index (χ0n) is 11.9. The molecule has 7 nitrogen and oxygen atoms in total. The summed E-state index contributed by atoms with van der Waals surface area (Å²) in [6.45, 7) is 3.50. The molecule has 3 heterocycles. The molecule has 0 aromatic carbocycles. The summed E-state index contributed by atoms with van der Waals surface area (Å²) in [4.78, 5) is 29.3. The third-order valence-electron chi connectivity index (χ3n) is 3.54. The van der Waals surface area contributed by atoms with Crippen molar-refractivity contribution < 1.29 is 0 Å². The lowest BCUT2D eigenvalue weighted by Gasteiger charge is -2.33. The molecule has 0 saturated carbocycles. The molecule has 1 unspecified atom stereocenters. The van der Waals surface area contributed by atoms with E-state index in [9.17, 15) is 4.79 Å². The van der Waals surface area contributed by atoms with Gasteiger partial charge in [-0.2, -0.15) is 0 Å². The zero-order chi connectivity index (χ0) is 14.7. The second kappa shape index (κ2) is 5.90. The van der Waals surface area contributed by atoms with Crippen molar-refractivity contribution in [3.05, 3.63) is 40.7 Å². The molecule has 7 heteroatoms. The Hall–Kier alpha value is -2.44. The van der Waals surface area contributed by atoms with Crippen LogP contribution in [0.2, 0.25) is 0 Å². The van der Waals surface area contributed by atoms with Crippen LogP contribution in [0.5, 0.6) is 0 Å². The van der Waals surface area contributed by atoms with Gasteiger partial charge in [-0.05, 0) is 25.8 Å². The lowest BCUT2D eigenvalue weighted by Crippen LogP contribution is -2.44. The Morgan fingerprint density at radius 2 is 2.29 bits per heavy atom. The highest BCUT2D eigenvalue weighted by atomic mass is 16.1. The molecule has 0 radical (unpaired) electrons. The quantitative estimate of drug-likeness (QED) is 0.873. The standard InChI is InChI=1S/C14H18N6O/c1-10-4-5-17-14(18-10)19-11-3-2-8-20(9-11)12-13(21)16-7-6-15-12/h4-7,11H,2-3,8-9H2,1H3,(H,16,21)(H,17,18,19). The first-order valence-electron chi connectivity index (χ1n) is 7.07. The molecule has 1 fully saturated rings. The smallest absolute Gasteiger partial charge is 0.290 e. The van der Waals surface area contributed by atoms with Crippen LogP contribution in [0.4, 0.5) is 11.8 Å². The topological polar surface area (TPSA) is 86.8 Å². The molecule has 1 saturated heterocycles. The van der Waals surface area contributed by atoms with E-state index in [2.05, 4.69) is 25.3 Å². The van der Waals surface area contributed by atoms with E-state index in [1.165, 1.54) is 0 Å². The van der Waals surface area contributed by atoms with Crippen LogP contribution < -0.4 is 15.8 Å². The van der Waals surface area contributed by atoms with Gasteiger partial charge in [0.05, 0.1) is 0 Å². The summed E-state index contributed by atoms with van der Waals surface area (Å²) in [6, 6.07) is 2.08. The minimum atomic E-state index is -0.148. The maximum absolute atomic E-state index is 11.8. The van der Waals surface area contributed by atoms with Gasteiger partial charge in [0.2, 0.25) is 5.95 Å². The van der Waals surface area contributed by atoms with Crippen LogP contribution >= 0.6 is 0 Å². The lowest BCUT2D eigenvalue weighted by atomic mass is 10.1. The first-order chi connectivity index (χ1) is 10.2. The van der Waals surface area contributed by atoms with Crippen LogP contribution in [-0.2, 0) is 0 Å². The van der Waals surface area contributed by atoms with Gasteiger partial charge in [0.15, 0.2) is 5.82 Å². The predicted octanol–water partition coefficient (Wildman–Crippen LogP) is 0.949. The van der Waals surface area contributed by atoms with Gasteiger partial charge in [-0.25, -0.2) is 15.0 Å². The number of anilines is 2. The van der Waals surface area contributed by atoms with Crippen LogP contribution in [-0.4, -0.2) is 39.1 Å². The van der Waals surface area contributed by atoms with E-state index in [0.717, 1.165) is 31.6 Å². The SMILES string of the molecule is Cc1ccnc(NC2CCCN(c3ncc[nH]c3=O)C2)n1. The molecule has 2 aromatic rings. The average Bonchev–Trinajstić information content (AvgIpc) is 2.48. The van der Waals surface area contributed by atoms with Crippen molar-refractivity contribution in [1.29, 1.82) is 0 Å². The highest BCUT2D eigenvalue weighted by molar-refractivity contribution is 5.38. The Kier molecular flexibility index (Phi) is 3.81. The molecule has 0 bridgehead atoms. The van der Waals surface area contributed by atoms with Crippen LogP contribution in [0.15, 0.2) is 29.5 Å². The van der Waals surface area contributed by atoms with Gasteiger partial charge in [-0.15, -0.1) is 0 Å². The maximum Gasteiger partial charge on any atom is 0.290 e. The number of hydrogen-bond donors (Lipinski definition) is 2. The molecule has 1 aliphatic rings. The summed E-state index contributed by atoms with van der Waals surface area (Å²) in [5.41, 5.74) is 0.784. The van der Waals surface area contributed by atoms with E-state index in [4.69, 9.17) is 0 Å². The lowest BCUT2D eigenvalue weighted by molar-refractivity contribution is 0.522. The third-order valence-corrected chi connectivity index (χ3v) is 3.54. The zero-order valence-corrected chi connectivity index (χ0v) is 11.9. The van der Waals surface area contributed by atoms with E-state index >= 15 is 0 Å². The number of aromatic nitrogens is 4. The maximum atomic E-state index is 11.8. The molecule has 1 aliphatic heterocycles. The molecule has 0 spiro atoms. The predicted molar refractivity (Wildman–Crippen MR) is 80.5 cm³/mol. The highest BCUT2D eigenvalue weighted by Gasteiger charge is 2.23. The van der Waals surface area contributed by atoms with Crippen molar-refractivity contribution in [2.24, 2.45) is 0 Å². The van der Waals surface area contributed by atoms with Gasteiger partial charge in [0.25, 0.3) is 5.56 Å². The Bertz CT molecular complexity index is 670. The monoisotopic (exact) mass is 286 g/mol. The number of aryl methyl sites for hydroxylation is 1. The Morgan fingerprint density at radius 3 is 3.10 bits per heavy atom. The average molecular weight is 286 g/mol. The Labute approximate surface area is 122 Å².